The molecule has 26 heavy (non-hydrogen) atoms. The molecule has 1 fully saturated rings. The van der Waals surface area contributed by atoms with Crippen LogP contribution in [0.25, 0.3) is 0 Å². The van der Waals surface area contributed by atoms with Gasteiger partial charge in [-0.25, -0.2) is 17.6 Å². The number of halogens is 1. The van der Waals surface area contributed by atoms with E-state index >= 15 is 0 Å². The van der Waals surface area contributed by atoms with Gasteiger partial charge in [0.1, 0.15) is 11.4 Å². The fourth-order valence-corrected chi connectivity index (χ4v) is 5.30. The molecule has 0 spiro atoms. The van der Waals surface area contributed by atoms with Gasteiger partial charge < -0.3 is 4.74 Å². The first-order chi connectivity index (χ1) is 12.4. The minimum Gasteiger partial charge on any atom is -0.465 e. The van der Waals surface area contributed by atoms with E-state index in [9.17, 15) is 17.6 Å². The number of esters is 1. The molecular weight excluding hydrogens is 381 g/mol. The molecule has 0 aliphatic carbocycles. The molecule has 1 aliphatic heterocycles. The van der Waals surface area contributed by atoms with Crippen LogP contribution < -0.4 is 0 Å². The average molecular weight is 399 g/mol. The molecule has 0 saturated carbocycles. The molecule has 2 heterocycles. The third-order valence-electron chi connectivity index (χ3n) is 3.98. The summed E-state index contributed by atoms with van der Waals surface area (Å²) in [6, 6.07) is 6.12. The SMILES string of the molecule is COC(=O)c1cn(Cc2ccccc2F)nc1S(=O)(=O)N1CCSCC1. The second-order valence-electron chi connectivity index (χ2n) is 5.64. The van der Waals surface area contributed by atoms with Gasteiger partial charge in [-0.15, -0.1) is 0 Å². The highest BCUT2D eigenvalue weighted by molar-refractivity contribution is 7.99. The second kappa shape index (κ2) is 7.77. The molecule has 10 heteroatoms. The van der Waals surface area contributed by atoms with Crippen LogP contribution in [-0.2, 0) is 21.3 Å². The Labute approximate surface area is 155 Å². The van der Waals surface area contributed by atoms with Gasteiger partial charge in [-0.05, 0) is 6.07 Å². The smallest absolute Gasteiger partial charge is 0.342 e. The number of sulfonamides is 1. The Kier molecular flexibility index (Phi) is 5.64. The van der Waals surface area contributed by atoms with Gasteiger partial charge in [-0.2, -0.15) is 21.2 Å². The lowest BCUT2D eigenvalue weighted by Crippen LogP contribution is -2.38. The maximum absolute atomic E-state index is 13.9. The van der Waals surface area contributed by atoms with Gasteiger partial charge in [0, 0.05) is 36.4 Å². The summed E-state index contributed by atoms with van der Waals surface area (Å²) in [6.07, 6.45) is 1.28. The van der Waals surface area contributed by atoms with Crippen LogP contribution in [0.5, 0.6) is 0 Å². The molecular formula is C16H18FN3O4S2. The molecule has 1 aromatic carbocycles. The molecule has 0 atom stereocenters. The lowest BCUT2D eigenvalue weighted by molar-refractivity contribution is 0.0596. The Bertz CT molecular complexity index is 908. The molecule has 0 bridgehead atoms. The highest BCUT2D eigenvalue weighted by Crippen LogP contribution is 2.23. The van der Waals surface area contributed by atoms with Crippen LogP contribution in [-0.4, -0.2) is 60.2 Å². The van der Waals surface area contributed by atoms with Gasteiger partial charge in [-0.1, -0.05) is 18.2 Å². The first-order valence-corrected chi connectivity index (χ1v) is 10.5. The standard InChI is InChI=1S/C16H18FN3O4S2/c1-24-16(21)13-11-19(10-12-4-2-3-5-14(12)17)18-15(13)26(22,23)20-6-8-25-9-7-20/h2-5,11H,6-10H2,1H3. The number of hydrogen-bond donors (Lipinski definition) is 0. The first kappa shape index (κ1) is 18.9. The van der Waals surface area contributed by atoms with E-state index in [-0.39, 0.29) is 17.1 Å². The molecule has 3 rings (SSSR count). The summed E-state index contributed by atoms with van der Waals surface area (Å²) in [4.78, 5) is 12.1. The predicted molar refractivity (Wildman–Crippen MR) is 95.2 cm³/mol. The van der Waals surface area contributed by atoms with Crippen LogP contribution in [0.15, 0.2) is 35.5 Å². The molecule has 2 aromatic rings. The van der Waals surface area contributed by atoms with Crippen LogP contribution in [0.1, 0.15) is 15.9 Å². The van der Waals surface area contributed by atoms with E-state index < -0.39 is 21.8 Å². The number of ether oxygens (including phenoxy) is 1. The summed E-state index contributed by atoms with van der Waals surface area (Å²) in [5, 5.41) is 3.72. The van der Waals surface area contributed by atoms with E-state index in [1.807, 2.05) is 0 Å². The van der Waals surface area contributed by atoms with Gasteiger partial charge in [0.2, 0.25) is 5.03 Å². The van der Waals surface area contributed by atoms with E-state index in [1.165, 1.54) is 28.4 Å². The van der Waals surface area contributed by atoms with Gasteiger partial charge >= 0.3 is 5.97 Å². The average Bonchev–Trinajstić information content (AvgIpc) is 3.08. The fraction of sp³-hybridized carbons (Fsp3) is 0.375. The fourth-order valence-electron chi connectivity index (χ4n) is 2.64. The Balaban J connectivity index is 1.99. The molecule has 1 aliphatic rings. The topological polar surface area (TPSA) is 81.5 Å². The number of hydrogen-bond acceptors (Lipinski definition) is 6. The van der Waals surface area contributed by atoms with E-state index in [2.05, 4.69) is 5.10 Å². The Morgan fingerprint density at radius 2 is 2.00 bits per heavy atom. The number of carbonyl (C=O) groups excluding carboxylic acids is 1. The van der Waals surface area contributed by atoms with Gasteiger partial charge in [0.15, 0.2) is 0 Å². The molecule has 1 saturated heterocycles. The quantitative estimate of drug-likeness (QED) is 0.711. The van der Waals surface area contributed by atoms with E-state index in [0.717, 1.165) is 0 Å². The van der Waals surface area contributed by atoms with Crippen LogP contribution in [0.4, 0.5) is 4.39 Å². The van der Waals surface area contributed by atoms with Crippen molar-refractivity contribution in [1.82, 2.24) is 14.1 Å². The molecule has 0 N–H and O–H groups in total. The van der Waals surface area contributed by atoms with Crippen molar-refractivity contribution in [3.05, 3.63) is 47.4 Å². The maximum atomic E-state index is 13.9. The van der Waals surface area contributed by atoms with E-state index in [1.54, 1.807) is 30.0 Å². The zero-order valence-electron chi connectivity index (χ0n) is 14.1. The largest absolute Gasteiger partial charge is 0.465 e. The monoisotopic (exact) mass is 399 g/mol. The number of benzene rings is 1. The van der Waals surface area contributed by atoms with E-state index in [4.69, 9.17) is 4.74 Å². The van der Waals surface area contributed by atoms with Crippen LogP contribution in [0, 0.1) is 5.82 Å². The number of aromatic nitrogens is 2. The number of methoxy groups -OCH3 is 1. The Hall–Kier alpha value is -1.91. The lowest BCUT2D eigenvalue weighted by atomic mass is 10.2. The number of carbonyl (C=O) groups is 1. The van der Waals surface area contributed by atoms with Crippen molar-refractivity contribution < 1.29 is 22.3 Å². The lowest BCUT2D eigenvalue weighted by Gasteiger charge is -2.24. The highest BCUT2D eigenvalue weighted by Gasteiger charge is 2.34. The molecule has 0 radical (unpaired) electrons. The summed E-state index contributed by atoms with van der Waals surface area (Å²) in [6.45, 7) is 0.712. The summed E-state index contributed by atoms with van der Waals surface area (Å²) >= 11 is 1.67. The van der Waals surface area contributed by atoms with Crippen molar-refractivity contribution in [2.75, 3.05) is 31.7 Å². The second-order valence-corrected chi connectivity index (χ2v) is 8.72. The normalized spacial score (nSPS) is 15.8. The summed E-state index contributed by atoms with van der Waals surface area (Å²) < 4.78 is 47.0. The van der Waals surface area contributed by atoms with Crippen molar-refractivity contribution in [3.8, 4) is 0 Å². The molecule has 0 unspecified atom stereocenters. The minimum absolute atomic E-state index is 0.00202. The maximum Gasteiger partial charge on any atom is 0.342 e. The van der Waals surface area contributed by atoms with Crippen molar-refractivity contribution in [2.45, 2.75) is 11.6 Å². The summed E-state index contributed by atoms with van der Waals surface area (Å²) in [5.41, 5.74) is 0.187. The molecule has 0 amide bonds. The third-order valence-corrected chi connectivity index (χ3v) is 6.76. The summed E-state index contributed by atoms with van der Waals surface area (Å²) in [7, 11) is -2.76. The van der Waals surface area contributed by atoms with Crippen molar-refractivity contribution in [1.29, 1.82) is 0 Å². The number of nitrogens with zero attached hydrogens (tertiary/aromatic N) is 3. The summed E-state index contributed by atoms with van der Waals surface area (Å²) in [5.74, 6) is 0.139. The predicted octanol–water partition coefficient (Wildman–Crippen LogP) is 1.59. The molecule has 7 nitrogen and oxygen atoms in total. The van der Waals surface area contributed by atoms with Gasteiger partial charge in [0.25, 0.3) is 10.0 Å². The first-order valence-electron chi connectivity index (χ1n) is 7.90. The van der Waals surface area contributed by atoms with Crippen molar-refractivity contribution in [2.24, 2.45) is 0 Å². The van der Waals surface area contributed by atoms with Gasteiger partial charge in [0.05, 0.1) is 13.7 Å². The highest BCUT2D eigenvalue weighted by atomic mass is 32.2. The van der Waals surface area contributed by atoms with Crippen molar-refractivity contribution >= 4 is 27.8 Å². The Morgan fingerprint density at radius 1 is 1.31 bits per heavy atom. The number of thioether (sulfide) groups is 1. The number of rotatable bonds is 5. The third kappa shape index (κ3) is 3.76. The van der Waals surface area contributed by atoms with Crippen LogP contribution in [0.3, 0.4) is 0 Å². The molecule has 140 valence electrons. The van der Waals surface area contributed by atoms with E-state index in [0.29, 0.717) is 30.2 Å². The van der Waals surface area contributed by atoms with Gasteiger partial charge in [-0.3, -0.25) is 4.68 Å². The van der Waals surface area contributed by atoms with Crippen molar-refractivity contribution in [3.63, 3.8) is 0 Å². The molecule has 1 aromatic heterocycles. The zero-order chi connectivity index (χ0) is 18.7. The zero-order valence-corrected chi connectivity index (χ0v) is 15.7. The van der Waals surface area contributed by atoms with Crippen LogP contribution in [0.2, 0.25) is 0 Å². The minimum atomic E-state index is -3.94. The Morgan fingerprint density at radius 3 is 2.65 bits per heavy atom. The van der Waals surface area contributed by atoms with Crippen LogP contribution >= 0.6 is 11.8 Å².